The van der Waals surface area contributed by atoms with Crippen molar-refractivity contribution in [1.29, 1.82) is 0 Å². The molecular formula is C23H21N3O4. The van der Waals surface area contributed by atoms with Gasteiger partial charge in [-0.2, -0.15) is 0 Å². The Morgan fingerprint density at radius 3 is 2.77 bits per heavy atom. The summed E-state index contributed by atoms with van der Waals surface area (Å²) in [4.78, 5) is 23.2. The molecule has 0 aliphatic carbocycles. The number of carbonyl (C=O) groups is 1. The number of benzene rings is 2. The number of fused-ring (bicyclic) bond motifs is 1. The van der Waals surface area contributed by atoms with Crippen molar-refractivity contribution in [2.45, 2.75) is 6.54 Å². The highest BCUT2D eigenvalue weighted by atomic mass is 16.6. The molecule has 0 unspecified atom stereocenters. The summed E-state index contributed by atoms with van der Waals surface area (Å²) in [5.41, 5.74) is 1.76. The van der Waals surface area contributed by atoms with E-state index in [0.717, 1.165) is 5.56 Å². The van der Waals surface area contributed by atoms with Crippen LogP contribution in [0.1, 0.15) is 16.1 Å². The van der Waals surface area contributed by atoms with E-state index in [1.807, 2.05) is 30.3 Å². The predicted molar refractivity (Wildman–Crippen MR) is 112 cm³/mol. The number of para-hydroxylation sites is 1. The van der Waals surface area contributed by atoms with Crippen molar-refractivity contribution in [2.75, 3.05) is 24.7 Å². The number of hydrogen-bond donors (Lipinski definition) is 0. The highest BCUT2D eigenvalue weighted by Crippen LogP contribution is 2.35. The first kappa shape index (κ1) is 19.4. The zero-order chi connectivity index (χ0) is 20.8. The zero-order valence-electron chi connectivity index (χ0n) is 16.4. The Morgan fingerprint density at radius 1 is 1.13 bits per heavy atom. The van der Waals surface area contributed by atoms with E-state index in [4.69, 9.17) is 14.2 Å². The van der Waals surface area contributed by atoms with Crippen LogP contribution in [0.15, 0.2) is 73.7 Å². The largest absolute Gasteiger partial charge is 0.489 e. The number of aromatic nitrogens is 2. The highest BCUT2D eigenvalue weighted by molar-refractivity contribution is 6.04. The molecule has 0 N–H and O–H groups in total. The summed E-state index contributed by atoms with van der Waals surface area (Å²) in [7, 11) is 0. The normalized spacial score (nSPS) is 12.1. The Balaban J connectivity index is 1.71. The van der Waals surface area contributed by atoms with E-state index in [1.54, 1.807) is 23.1 Å². The highest BCUT2D eigenvalue weighted by Gasteiger charge is 2.23. The second-order valence-electron chi connectivity index (χ2n) is 6.52. The smallest absolute Gasteiger partial charge is 0.278 e. The number of ether oxygens (including phenoxy) is 3. The monoisotopic (exact) mass is 403 g/mol. The molecule has 1 aliphatic rings. The van der Waals surface area contributed by atoms with Gasteiger partial charge in [0.05, 0.1) is 12.7 Å². The maximum Gasteiger partial charge on any atom is 0.278 e. The predicted octanol–water partition coefficient (Wildman–Crippen LogP) is 3.66. The molecule has 0 spiro atoms. The maximum atomic E-state index is 13.3. The summed E-state index contributed by atoms with van der Waals surface area (Å²) in [6.07, 6.45) is 6.16. The number of amides is 1. The first-order chi connectivity index (χ1) is 14.8. The van der Waals surface area contributed by atoms with E-state index >= 15 is 0 Å². The summed E-state index contributed by atoms with van der Waals surface area (Å²) >= 11 is 0. The Kier molecular flexibility index (Phi) is 5.89. The average molecular weight is 403 g/mol. The van der Waals surface area contributed by atoms with Crippen LogP contribution in [0.2, 0.25) is 0 Å². The van der Waals surface area contributed by atoms with Gasteiger partial charge in [0, 0.05) is 29.7 Å². The molecule has 0 saturated carbocycles. The molecule has 7 nitrogen and oxygen atoms in total. The topological polar surface area (TPSA) is 73.8 Å². The zero-order valence-corrected chi connectivity index (χ0v) is 16.4. The standard InChI is InChI=1S/C23H21N3O4/c1-2-11-28-20-6-4-3-5-17(20)16-26(23(27)19-15-24-9-10-25-19)18-7-8-21-22(14-18)30-13-12-29-21/h2-10,14-15H,1,11-13,16H2. The molecule has 1 amide bonds. The van der Waals surface area contributed by atoms with E-state index in [9.17, 15) is 4.79 Å². The molecule has 0 fully saturated rings. The van der Waals surface area contributed by atoms with Crippen LogP contribution in [-0.2, 0) is 6.54 Å². The van der Waals surface area contributed by atoms with Crippen LogP contribution in [-0.4, -0.2) is 35.7 Å². The van der Waals surface area contributed by atoms with Crippen LogP contribution in [0.4, 0.5) is 5.69 Å². The molecule has 0 atom stereocenters. The van der Waals surface area contributed by atoms with E-state index in [1.165, 1.54) is 18.6 Å². The Labute approximate surface area is 174 Å². The lowest BCUT2D eigenvalue weighted by molar-refractivity contribution is 0.0979. The van der Waals surface area contributed by atoms with Crippen LogP contribution >= 0.6 is 0 Å². The van der Waals surface area contributed by atoms with Crippen molar-refractivity contribution < 1.29 is 19.0 Å². The molecule has 30 heavy (non-hydrogen) atoms. The lowest BCUT2D eigenvalue weighted by atomic mass is 10.1. The molecule has 1 aromatic heterocycles. The summed E-state index contributed by atoms with van der Waals surface area (Å²) in [5.74, 6) is 1.67. The first-order valence-corrected chi connectivity index (χ1v) is 9.55. The second kappa shape index (κ2) is 9.09. The van der Waals surface area contributed by atoms with Gasteiger partial charge >= 0.3 is 0 Å². The number of nitrogens with zero attached hydrogens (tertiary/aromatic N) is 3. The van der Waals surface area contributed by atoms with Crippen molar-refractivity contribution in [3.05, 3.63) is 85.0 Å². The molecule has 0 bridgehead atoms. The van der Waals surface area contributed by atoms with E-state index in [2.05, 4.69) is 16.5 Å². The van der Waals surface area contributed by atoms with Crippen molar-refractivity contribution in [1.82, 2.24) is 9.97 Å². The van der Waals surface area contributed by atoms with Gasteiger partial charge < -0.3 is 19.1 Å². The average Bonchev–Trinajstić information content (AvgIpc) is 2.81. The summed E-state index contributed by atoms with van der Waals surface area (Å²) in [6, 6.07) is 13.0. The molecule has 152 valence electrons. The minimum absolute atomic E-state index is 0.247. The fraction of sp³-hybridized carbons (Fsp3) is 0.174. The molecule has 2 aromatic carbocycles. The van der Waals surface area contributed by atoms with Gasteiger partial charge in [-0.25, -0.2) is 4.98 Å². The van der Waals surface area contributed by atoms with Crippen molar-refractivity contribution in [3.63, 3.8) is 0 Å². The number of carbonyl (C=O) groups excluding carboxylic acids is 1. The van der Waals surface area contributed by atoms with E-state index < -0.39 is 0 Å². The van der Waals surface area contributed by atoms with Gasteiger partial charge in [0.15, 0.2) is 11.5 Å². The Hall–Kier alpha value is -3.87. The molecule has 2 heterocycles. The molecule has 1 aliphatic heterocycles. The van der Waals surface area contributed by atoms with Gasteiger partial charge in [0.1, 0.15) is 31.3 Å². The summed E-state index contributed by atoms with van der Waals surface area (Å²) in [5, 5.41) is 0. The van der Waals surface area contributed by atoms with Crippen LogP contribution < -0.4 is 19.1 Å². The van der Waals surface area contributed by atoms with E-state index in [0.29, 0.717) is 42.8 Å². The van der Waals surface area contributed by atoms with Gasteiger partial charge in [-0.15, -0.1) is 0 Å². The third-order valence-corrected chi connectivity index (χ3v) is 4.52. The van der Waals surface area contributed by atoms with Gasteiger partial charge in [-0.05, 0) is 18.2 Å². The van der Waals surface area contributed by atoms with Crippen LogP contribution in [0.3, 0.4) is 0 Å². The molecule has 7 heteroatoms. The number of rotatable bonds is 7. The lowest BCUT2D eigenvalue weighted by Crippen LogP contribution is -2.31. The molecule has 3 aromatic rings. The molecular weight excluding hydrogens is 382 g/mol. The minimum atomic E-state index is -0.279. The molecule has 0 saturated heterocycles. The summed E-state index contributed by atoms with van der Waals surface area (Å²) in [6.45, 7) is 5.31. The van der Waals surface area contributed by atoms with Crippen molar-refractivity contribution in [2.24, 2.45) is 0 Å². The maximum absolute atomic E-state index is 13.3. The van der Waals surface area contributed by atoms with Crippen LogP contribution in [0.5, 0.6) is 17.2 Å². The SMILES string of the molecule is C=CCOc1ccccc1CN(C(=O)c1cnccn1)c1ccc2c(c1)OCCO2. The third kappa shape index (κ3) is 4.25. The Morgan fingerprint density at radius 2 is 1.97 bits per heavy atom. The third-order valence-electron chi connectivity index (χ3n) is 4.52. The minimum Gasteiger partial charge on any atom is -0.489 e. The van der Waals surface area contributed by atoms with Gasteiger partial charge in [-0.1, -0.05) is 30.9 Å². The van der Waals surface area contributed by atoms with E-state index in [-0.39, 0.29) is 18.1 Å². The van der Waals surface area contributed by atoms with Crippen LogP contribution in [0.25, 0.3) is 0 Å². The van der Waals surface area contributed by atoms with Crippen molar-refractivity contribution >= 4 is 11.6 Å². The number of hydrogen-bond acceptors (Lipinski definition) is 6. The second-order valence-corrected chi connectivity index (χ2v) is 6.52. The fourth-order valence-electron chi connectivity index (χ4n) is 3.12. The summed E-state index contributed by atoms with van der Waals surface area (Å²) < 4.78 is 17.1. The van der Waals surface area contributed by atoms with Gasteiger partial charge in [-0.3, -0.25) is 9.78 Å². The van der Waals surface area contributed by atoms with Gasteiger partial charge in [0.25, 0.3) is 5.91 Å². The quantitative estimate of drug-likeness (QED) is 0.561. The first-order valence-electron chi connectivity index (χ1n) is 9.55. The lowest BCUT2D eigenvalue weighted by Gasteiger charge is -2.26. The fourth-order valence-corrected chi connectivity index (χ4v) is 3.12. The number of anilines is 1. The van der Waals surface area contributed by atoms with Crippen LogP contribution in [0, 0.1) is 0 Å². The molecule has 0 radical (unpaired) electrons. The van der Waals surface area contributed by atoms with Crippen molar-refractivity contribution in [3.8, 4) is 17.2 Å². The van der Waals surface area contributed by atoms with Gasteiger partial charge in [0.2, 0.25) is 0 Å². The Bertz CT molecular complexity index is 1040. The molecule has 4 rings (SSSR count).